The van der Waals surface area contributed by atoms with E-state index in [0.717, 1.165) is 34.3 Å². The van der Waals surface area contributed by atoms with Crippen molar-refractivity contribution in [3.05, 3.63) is 108 Å². The maximum absolute atomic E-state index is 12.7. The number of ether oxygens (including phenoxy) is 2. The second-order valence-corrected chi connectivity index (χ2v) is 7.44. The molecule has 0 atom stereocenters. The van der Waals surface area contributed by atoms with Crippen LogP contribution in [0.2, 0.25) is 0 Å². The quantitative estimate of drug-likeness (QED) is 0.526. The first-order valence-electron chi connectivity index (χ1n) is 10.6. The molecular formula is C27H24N2O4. The number of methoxy groups -OCH3 is 2. The first-order chi connectivity index (χ1) is 16.1. The van der Waals surface area contributed by atoms with Crippen molar-refractivity contribution >= 4 is 28.5 Å². The van der Waals surface area contributed by atoms with Crippen LogP contribution in [-0.4, -0.2) is 31.1 Å². The number of carbonyl (C=O) groups excluding carboxylic acids is 2. The molecule has 2 aromatic carbocycles. The number of aryl methyl sites for hydroxylation is 2. The van der Waals surface area contributed by atoms with Crippen LogP contribution in [0.3, 0.4) is 0 Å². The lowest BCUT2D eigenvalue weighted by atomic mass is 10.0. The van der Waals surface area contributed by atoms with E-state index in [1.807, 2.05) is 54.6 Å². The van der Waals surface area contributed by atoms with Crippen LogP contribution in [0.1, 0.15) is 11.3 Å². The van der Waals surface area contributed by atoms with Gasteiger partial charge in [0.25, 0.3) is 0 Å². The zero-order chi connectivity index (χ0) is 23.2. The van der Waals surface area contributed by atoms with Gasteiger partial charge in [-0.15, -0.1) is 0 Å². The van der Waals surface area contributed by atoms with E-state index in [-0.39, 0.29) is 11.3 Å². The van der Waals surface area contributed by atoms with Gasteiger partial charge in [-0.3, -0.25) is 4.98 Å². The molecule has 33 heavy (non-hydrogen) atoms. The molecule has 0 saturated heterocycles. The highest BCUT2D eigenvalue weighted by molar-refractivity contribution is 6.05. The molecule has 6 heteroatoms. The fourth-order valence-electron chi connectivity index (χ4n) is 3.82. The number of carbonyl (C=O) groups is 2. The van der Waals surface area contributed by atoms with Gasteiger partial charge in [-0.05, 0) is 48.8 Å². The summed E-state index contributed by atoms with van der Waals surface area (Å²) in [6, 6.07) is 19.9. The Hall–Kier alpha value is -4.19. The summed E-state index contributed by atoms with van der Waals surface area (Å²) in [6.45, 7) is 0. The summed E-state index contributed by atoms with van der Waals surface area (Å²) in [5, 5.41) is 1.10. The molecule has 4 rings (SSSR count). The van der Waals surface area contributed by atoms with Gasteiger partial charge >= 0.3 is 11.9 Å². The molecule has 0 spiro atoms. The van der Waals surface area contributed by atoms with E-state index in [1.165, 1.54) is 14.2 Å². The number of hydrogen-bond acceptors (Lipinski definition) is 6. The number of nitrogens with zero attached hydrogens (tertiary/aromatic N) is 2. The number of esters is 2. The van der Waals surface area contributed by atoms with Crippen LogP contribution >= 0.6 is 0 Å². The van der Waals surface area contributed by atoms with E-state index >= 15 is 0 Å². The molecule has 0 amide bonds. The van der Waals surface area contributed by atoms with Gasteiger partial charge in [0.05, 0.1) is 25.3 Å². The molecule has 1 aliphatic rings. The first-order valence-corrected chi connectivity index (χ1v) is 10.6. The van der Waals surface area contributed by atoms with Crippen LogP contribution in [0.25, 0.3) is 10.9 Å². The number of pyridine rings is 1. The first kappa shape index (κ1) is 22.0. The third-order valence-electron chi connectivity index (χ3n) is 5.45. The van der Waals surface area contributed by atoms with Crippen LogP contribution < -0.4 is 4.90 Å². The van der Waals surface area contributed by atoms with Crippen molar-refractivity contribution in [3.8, 4) is 0 Å². The van der Waals surface area contributed by atoms with Crippen LogP contribution in [-0.2, 0) is 31.9 Å². The summed E-state index contributed by atoms with van der Waals surface area (Å²) in [5.41, 5.74) is 3.95. The average molecular weight is 440 g/mol. The highest BCUT2D eigenvalue weighted by Gasteiger charge is 2.28. The Labute approximate surface area is 192 Å². The van der Waals surface area contributed by atoms with Gasteiger partial charge in [0, 0.05) is 23.0 Å². The summed E-state index contributed by atoms with van der Waals surface area (Å²) >= 11 is 0. The number of benzene rings is 2. The van der Waals surface area contributed by atoms with E-state index in [2.05, 4.69) is 6.07 Å². The maximum Gasteiger partial charge on any atom is 0.355 e. The Morgan fingerprint density at radius 3 is 2.42 bits per heavy atom. The lowest BCUT2D eigenvalue weighted by molar-refractivity contribution is -0.139. The van der Waals surface area contributed by atoms with Gasteiger partial charge in [-0.2, -0.15) is 0 Å². The lowest BCUT2D eigenvalue weighted by Crippen LogP contribution is -2.27. The highest BCUT2D eigenvalue weighted by atomic mass is 16.5. The van der Waals surface area contributed by atoms with E-state index in [0.29, 0.717) is 6.42 Å². The maximum atomic E-state index is 12.7. The summed E-state index contributed by atoms with van der Waals surface area (Å²) in [5.74, 6) is -1.24. The summed E-state index contributed by atoms with van der Waals surface area (Å²) in [7, 11) is 2.57. The van der Waals surface area contributed by atoms with Crippen LogP contribution in [0, 0.1) is 0 Å². The zero-order valence-electron chi connectivity index (χ0n) is 18.5. The standard InChI is InChI=1S/C27H24N2O4/c1-32-26(30)22-11-7-8-18-29(25(22)27(31)33-2)24-13-6-4-10-20(24)15-17-21-16-14-19-9-3-5-12-23(19)28-21/h3-14,16,18H,15,17H2,1-2H3. The number of aromatic nitrogens is 1. The monoisotopic (exact) mass is 440 g/mol. The molecule has 2 heterocycles. The van der Waals surface area contributed by atoms with Crippen molar-refractivity contribution in [2.75, 3.05) is 19.1 Å². The van der Waals surface area contributed by atoms with Crippen LogP contribution in [0.15, 0.2) is 96.4 Å². The Bertz CT molecular complexity index is 1290. The van der Waals surface area contributed by atoms with E-state index in [4.69, 9.17) is 14.5 Å². The van der Waals surface area contributed by atoms with Crippen LogP contribution in [0.5, 0.6) is 0 Å². The predicted molar refractivity (Wildman–Crippen MR) is 127 cm³/mol. The summed E-state index contributed by atoms with van der Waals surface area (Å²) in [6.07, 6.45) is 8.17. The average Bonchev–Trinajstić information content (AvgIpc) is 3.09. The number of rotatable bonds is 6. The van der Waals surface area contributed by atoms with E-state index < -0.39 is 11.9 Å². The number of para-hydroxylation sites is 2. The van der Waals surface area contributed by atoms with Crippen molar-refractivity contribution in [1.82, 2.24) is 4.98 Å². The molecule has 0 saturated carbocycles. The molecule has 3 aromatic rings. The second-order valence-electron chi connectivity index (χ2n) is 7.44. The molecule has 1 aliphatic heterocycles. The Morgan fingerprint density at radius 2 is 1.61 bits per heavy atom. The molecule has 1 aromatic heterocycles. The minimum atomic E-state index is -0.627. The minimum Gasteiger partial charge on any atom is -0.465 e. The smallest absolute Gasteiger partial charge is 0.355 e. The molecule has 0 aliphatic carbocycles. The Morgan fingerprint density at radius 1 is 0.848 bits per heavy atom. The number of allylic oxidation sites excluding steroid dienone is 2. The largest absolute Gasteiger partial charge is 0.465 e. The minimum absolute atomic E-state index is 0.102. The van der Waals surface area contributed by atoms with Gasteiger partial charge in [0.1, 0.15) is 5.70 Å². The van der Waals surface area contributed by atoms with Gasteiger partial charge < -0.3 is 14.4 Å². The topological polar surface area (TPSA) is 68.7 Å². The molecule has 0 fully saturated rings. The second kappa shape index (κ2) is 9.96. The lowest BCUT2D eigenvalue weighted by Gasteiger charge is -2.25. The van der Waals surface area contributed by atoms with Crippen molar-refractivity contribution < 1.29 is 19.1 Å². The number of fused-ring (bicyclic) bond motifs is 1. The van der Waals surface area contributed by atoms with Crippen molar-refractivity contribution in [2.45, 2.75) is 12.8 Å². The molecule has 0 unspecified atom stereocenters. The summed E-state index contributed by atoms with van der Waals surface area (Å²) < 4.78 is 9.91. The highest BCUT2D eigenvalue weighted by Crippen LogP contribution is 2.30. The molecule has 0 bridgehead atoms. The number of hydrogen-bond donors (Lipinski definition) is 0. The fourth-order valence-corrected chi connectivity index (χ4v) is 3.82. The van der Waals surface area contributed by atoms with Crippen molar-refractivity contribution in [3.63, 3.8) is 0 Å². The van der Waals surface area contributed by atoms with E-state index in [9.17, 15) is 9.59 Å². The van der Waals surface area contributed by atoms with Gasteiger partial charge in [0.15, 0.2) is 0 Å². The molecule has 0 N–H and O–H groups in total. The summed E-state index contributed by atoms with van der Waals surface area (Å²) in [4.78, 5) is 31.6. The normalized spacial score (nSPS) is 13.2. The Kier molecular flexibility index (Phi) is 6.64. The molecular weight excluding hydrogens is 416 g/mol. The zero-order valence-corrected chi connectivity index (χ0v) is 18.5. The van der Waals surface area contributed by atoms with Gasteiger partial charge in [-0.25, -0.2) is 9.59 Å². The molecule has 0 radical (unpaired) electrons. The van der Waals surface area contributed by atoms with Crippen molar-refractivity contribution in [1.29, 1.82) is 0 Å². The Balaban J connectivity index is 1.70. The van der Waals surface area contributed by atoms with Gasteiger partial charge in [-0.1, -0.05) is 48.5 Å². The van der Waals surface area contributed by atoms with Gasteiger partial charge in [0.2, 0.25) is 0 Å². The third kappa shape index (κ3) is 4.70. The SMILES string of the molecule is COC(=O)C1=C(C(=O)OC)N(c2ccccc2CCc2ccc3ccccc3n2)C=CC=C1. The molecule has 6 nitrogen and oxygen atoms in total. The van der Waals surface area contributed by atoms with Crippen molar-refractivity contribution in [2.24, 2.45) is 0 Å². The molecule has 166 valence electrons. The predicted octanol–water partition coefficient (Wildman–Crippen LogP) is 4.51. The fraction of sp³-hybridized carbons (Fsp3) is 0.148. The number of anilines is 1. The third-order valence-corrected chi connectivity index (χ3v) is 5.45. The van der Waals surface area contributed by atoms with E-state index in [1.54, 1.807) is 29.3 Å². The van der Waals surface area contributed by atoms with Crippen LogP contribution in [0.4, 0.5) is 5.69 Å².